The van der Waals surface area contributed by atoms with Crippen LogP contribution in [-0.4, -0.2) is 35.3 Å². The van der Waals surface area contributed by atoms with Crippen molar-refractivity contribution in [2.24, 2.45) is 4.99 Å². The van der Waals surface area contributed by atoms with Crippen molar-refractivity contribution in [1.29, 1.82) is 0 Å². The van der Waals surface area contributed by atoms with Gasteiger partial charge >= 0.3 is 0 Å². The Labute approximate surface area is 134 Å². The topological polar surface area (TPSA) is 56.7 Å². The van der Waals surface area contributed by atoms with Crippen molar-refractivity contribution >= 4 is 29.9 Å². The first kappa shape index (κ1) is 19.0. The number of aliphatic imine (C=N–C) groups is 1. The lowest BCUT2D eigenvalue weighted by Crippen LogP contribution is -2.48. The van der Waals surface area contributed by atoms with Crippen LogP contribution in [0.25, 0.3) is 0 Å². The fourth-order valence-electron chi connectivity index (χ4n) is 2.26. The first-order valence-corrected chi connectivity index (χ1v) is 7.13. The zero-order valence-corrected chi connectivity index (χ0v) is 15.1. The molecule has 1 rings (SSSR count). The monoisotopic (exact) mass is 383 g/mol. The molecule has 3 N–H and O–H groups in total. The molecule has 0 atom stereocenters. The summed E-state index contributed by atoms with van der Waals surface area (Å²) in [6.45, 7) is 9.70. The summed E-state index contributed by atoms with van der Waals surface area (Å²) < 4.78 is 0. The summed E-state index contributed by atoms with van der Waals surface area (Å²) in [7, 11) is 0. The highest BCUT2D eigenvalue weighted by Crippen LogP contribution is 2.28. The first-order valence-electron chi connectivity index (χ1n) is 7.13. The number of nitrogens with one attached hydrogen (secondary N) is 2. The number of hydrogen-bond acceptors (Lipinski definition) is 2. The lowest BCUT2D eigenvalue weighted by atomic mass is 9.85. The fourth-order valence-corrected chi connectivity index (χ4v) is 2.26. The zero-order chi connectivity index (χ0) is 13.6. The first-order chi connectivity index (χ1) is 8.35. The minimum absolute atomic E-state index is 0. The Bertz CT molecular complexity index is 281. The van der Waals surface area contributed by atoms with E-state index in [-0.39, 0.29) is 29.5 Å². The van der Waals surface area contributed by atoms with Crippen LogP contribution in [0.3, 0.4) is 0 Å². The van der Waals surface area contributed by atoms with Gasteiger partial charge in [0, 0.05) is 12.1 Å². The number of rotatable bonds is 3. The molecule has 0 heterocycles. The van der Waals surface area contributed by atoms with Crippen molar-refractivity contribution in [2.75, 3.05) is 13.1 Å². The molecule has 0 aromatic heterocycles. The summed E-state index contributed by atoms with van der Waals surface area (Å²) in [5.41, 5.74) is -0.603. The lowest BCUT2D eigenvalue weighted by Gasteiger charge is -2.31. The van der Waals surface area contributed by atoms with E-state index in [1.165, 1.54) is 6.42 Å². The summed E-state index contributed by atoms with van der Waals surface area (Å²) in [4.78, 5) is 4.54. The van der Waals surface area contributed by atoms with Crippen LogP contribution in [0.15, 0.2) is 4.99 Å². The second-order valence-electron chi connectivity index (χ2n) is 6.36. The molecule has 114 valence electrons. The smallest absolute Gasteiger partial charge is 0.191 e. The zero-order valence-electron chi connectivity index (χ0n) is 12.8. The number of guanidine groups is 1. The van der Waals surface area contributed by atoms with Crippen molar-refractivity contribution in [1.82, 2.24) is 10.6 Å². The van der Waals surface area contributed by atoms with Gasteiger partial charge in [0.2, 0.25) is 0 Å². The maximum absolute atomic E-state index is 10.4. The highest BCUT2D eigenvalue weighted by Gasteiger charge is 2.29. The average Bonchev–Trinajstić information content (AvgIpc) is 2.26. The van der Waals surface area contributed by atoms with Crippen molar-refractivity contribution in [2.45, 2.75) is 70.9 Å². The highest BCUT2D eigenvalue weighted by molar-refractivity contribution is 14.0. The molecule has 1 saturated carbocycles. The van der Waals surface area contributed by atoms with Gasteiger partial charge in [0.1, 0.15) is 0 Å². The van der Waals surface area contributed by atoms with Gasteiger partial charge in [-0.3, -0.25) is 4.99 Å². The third-order valence-electron chi connectivity index (χ3n) is 3.15. The molecule has 0 radical (unpaired) electrons. The van der Waals surface area contributed by atoms with Crippen molar-refractivity contribution in [3.63, 3.8) is 0 Å². The van der Waals surface area contributed by atoms with Gasteiger partial charge in [0.05, 0.1) is 12.1 Å². The Morgan fingerprint density at radius 3 is 2.26 bits per heavy atom. The second-order valence-corrected chi connectivity index (χ2v) is 6.36. The van der Waals surface area contributed by atoms with E-state index in [2.05, 4.69) is 43.3 Å². The van der Waals surface area contributed by atoms with E-state index in [9.17, 15) is 5.11 Å². The molecule has 5 heteroatoms. The SMILES string of the molecule is CCNC(=NCC1(O)CCCCC1)NC(C)(C)C.I. The lowest BCUT2D eigenvalue weighted by molar-refractivity contribution is 0.0131. The van der Waals surface area contributed by atoms with E-state index in [4.69, 9.17) is 0 Å². The molecular weight excluding hydrogens is 353 g/mol. The van der Waals surface area contributed by atoms with E-state index >= 15 is 0 Å². The van der Waals surface area contributed by atoms with E-state index < -0.39 is 5.60 Å². The Morgan fingerprint density at radius 2 is 1.79 bits per heavy atom. The third kappa shape index (κ3) is 7.97. The molecule has 0 spiro atoms. The summed E-state index contributed by atoms with van der Waals surface area (Å²) in [5, 5.41) is 17.0. The Hall–Kier alpha value is -0.0400. The molecule has 0 aliphatic heterocycles. The molecule has 1 aliphatic rings. The molecule has 4 nitrogen and oxygen atoms in total. The van der Waals surface area contributed by atoms with Crippen LogP contribution in [-0.2, 0) is 0 Å². The number of halogens is 1. The van der Waals surface area contributed by atoms with Crippen LogP contribution in [0.4, 0.5) is 0 Å². The Morgan fingerprint density at radius 1 is 1.21 bits per heavy atom. The van der Waals surface area contributed by atoms with Gasteiger partial charge in [-0.2, -0.15) is 0 Å². The molecular formula is C14H30IN3O. The van der Waals surface area contributed by atoms with Gasteiger partial charge < -0.3 is 15.7 Å². The summed E-state index contributed by atoms with van der Waals surface area (Å²) >= 11 is 0. The van der Waals surface area contributed by atoms with Crippen LogP contribution in [0.5, 0.6) is 0 Å². The van der Waals surface area contributed by atoms with E-state index in [0.29, 0.717) is 6.54 Å². The molecule has 0 amide bonds. The van der Waals surface area contributed by atoms with Crippen molar-refractivity contribution in [3.8, 4) is 0 Å². The number of aliphatic hydroxyl groups is 1. The standard InChI is InChI=1S/C14H29N3O.HI/c1-5-15-12(17-13(2,3)4)16-11-14(18)9-7-6-8-10-14;/h18H,5-11H2,1-4H3,(H2,15,16,17);1H. The minimum atomic E-state index is -0.585. The predicted octanol–water partition coefficient (Wildman–Crippen LogP) is 2.65. The fraction of sp³-hybridized carbons (Fsp3) is 0.929. The van der Waals surface area contributed by atoms with E-state index in [1.807, 2.05) is 0 Å². The maximum Gasteiger partial charge on any atom is 0.191 e. The third-order valence-corrected chi connectivity index (χ3v) is 3.15. The minimum Gasteiger partial charge on any atom is -0.388 e. The van der Waals surface area contributed by atoms with Crippen molar-refractivity contribution in [3.05, 3.63) is 0 Å². The normalized spacial score (nSPS) is 19.5. The Kier molecular flexibility index (Phi) is 8.27. The number of hydrogen-bond donors (Lipinski definition) is 3. The predicted molar refractivity (Wildman–Crippen MR) is 92.3 cm³/mol. The molecule has 0 aromatic carbocycles. The largest absolute Gasteiger partial charge is 0.388 e. The van der Waals surface area contributed by atoms with E-state index in [1.54, 1.807) is 0 Å². The van der Waals surface area contributed by atoms with Crippen LogP contribution in [0.2, 0.25) is 0 Å². The highest BCUT2D eigenvalue weighted by atomic mass is 127. The molecule has 0 bridgehead atoms. The van der Waals surface area contributed by atoms with Crippen molar-refractivity contribution < 1.29 is 5.11 Å². The van der Waals surface area contributed by atoms with Gasteiger partial charge in [-0.25, -0.2) is 0 Å². The van der Waals surface area contributed by atoms with Gasteiger partial charge in [0.25, 0.3) is 0 Å². The molecule has 1 fully saturated rings. The second kappa shape index (κ2) is 8.29. The molecule has 0 saturated heterocycles. The number of nitrogens with zero attached hydrogens (tertiary/aromatic N) is 1. The average molecular weight is 383 g/mol. The van der Waals surface area contributed by atoms with Crippen LogP contribution >= 0.6 is 24.0 Å². The van der Waals surface area contributed by atoms with Crippen LogP contribution < -0.4 is 10.6 Å². The van der Waals surface area contributed by atoms with E-state index in [0.717, 1.165) is 38.2 Å². The maximum atomic E-state index is 10.4. The van der Waals surface area contributed by atoms with Crippen LogP contribution in [0, 0.1) is 0 Å². The molecule has 1 aliphatic carbocycles. The van der Waals surface area contributed by atoms with Gasteiger partial charge in [-0.1, -0.05) is 19.3 Å². The Balaban J connectivity index is 0.00000324. The van der Waals surface area contributed by atoms with Crippen LogP contribution in [0.1, 0.15) is 59.8 Å². The molecule has 0 unspecified atom stereocenters. The van der Waals surface area contributed by atoms with Gasteiger partial charge in [-0.15, -0.1) is 24.0 Å². The summed E-state index contributed by atoms with van der Waals surface area (Å²) in [5.74, 6) is 0.795. The van der Waals surface area contributed by atoms with Gasteiger partial charge in [-0.05, 0) is 40.5 Å². The summed E-state index contributed by atoms with van der Waals surface area (Å²) in [6.07, 6.45) is 5.24. The van der Waals surface area contributed by atoms with Gasteiger partial charge in [0.15, 0.2) is 5.96 Å². The molecule has 19 heavy (non-hydrogen) atoms. The molecule has 0 aromatic rings. The summed E-state index contributed by atoms with van der Waals surface area (Å²) in [6, 6.07) is 0. The quantitative estimate of drug-likeness (QED) is 0.399.